The van der Waals surface area contributed by atoms with Crippen LogP contribution in [0.3, 0.4) is 0 Å². The Hall–Kier alpha value is -3.13. The molecule has 3 aromatic carbocycles. The van der Waals surface area contributed by atoms with Crippen molar-refractivity contribution in [2.75, 3.05) is 16.8 Å². The normalized spacial score (nSPS) is 14.5. The van der Waals surface area contributed by atoms with Crippen molar-refractivity contribution in [1.82, 2.24) is 0 Å². The number of halogens is 1. The maximum Gasteiger partial charge on any atom is 0.270 e. The van der Waals surface area contributed by atoms with Gasteiger partial charge in [0.25, 0.3) is 11.8 Å². The smallest absolute Gasteiger partial charge is 0.270 e. The molecule has 0 aromatic heterocycles. The molecule has 1 N–H and O–H groups in total. The zero-order valence-electron chi connectivity index (χ0n) is 19.2. The van der Waals surface area contributed by atoms with E-state index in [9.17, 15) is 9.59 Å². The Balaban J connectivity index is 1.37. The highest BCUT2D eigenvalue weighted by Gasteiger charge is 2.33. The number of hydrogen-bond donors (Lipinski definition) is 1. The molecule has 1 aliphatic rings. The first kappa shape index (κ1) is 25.0. The molecular weight excluding hydrogens is 500 g/mol. The van der Waals surface area contributed by atoms with E-state index in [1.807, 2.05) is 43.3 Å². The summed E-state index contributed by atoms with van der Waals surface area (Å²) >= 11 is 12.8. The summed E-state index contributed by atoms with van der Waals surface area (Å²) in [6.07, 6.45) is 2.74. The topological polar surface area (TPSA) is 58.6 Å². The molecule has 0 aliphatic carbocycles. The lowest BCUT2D eigenvalue weighted by Gasteiger charge is -2.14. The summed E-state index contributed by atoms with van der Waals surface area (Å²) in [7, 11) is 0. The van der Waals surface area contributed by atoms with Crippen molar-refractivity contribution >= 4 is 69.2 Å². The van der Waals surface area contributed by atoms with Gasteiger partial charge in [-0.15, -0.1) is 0 Å². The Kier molecular flexibility index (Phi) is 7.90. The summed E-state index contributed by atoms with van der Waals surface area (Å²) in [6, 6.07) is 20.4. The third-order valence-corrected chi connectivity index (χ3v) is 7.20. The summed E-state index contributed by atoms with van der Waals surface area (Å²) in [4.78, 5) is 27.4. The van der Waals surface area contributed by atoms with Gasteiger partial charge >= 0.3 is 0 Å². The molecule has 1 saturated heterocycles. The second-order valence-electron chi connectivity index (χ2n) is 7.86. The van der Waals surface area contributed by atoms with Crippen molar-refractivity contribution in [3.63, 3.8) is 0 Å². The molecule has 0 saturated carbocycles. The van der Waals surface area contributed by atoms with Gasteiger partial charge in [0, 0.05) is 10.7 Å². The number of anilines is 2. The van der Waals surface area contributed by atoms with E-state index in [0.29, 0.717) is 25.7 Å². The van der Waals surface area contributed by atoms with Crippen LogP contribution in [0.25, 0.3) is 6.08 Å². The Labute approximate surface area is 219 Å². The Bertz CT molecular complexity index is 1310. The van der Waals surface area contributed by atoms with Crippen LogP contribution < -0.4 is 15.0 Å². The maximum absolute atomic E-state index is 13.0. The fourth-order valence-corrected chi connectivity index (χ4v) is 4.93. The van der Waals surface area contributed by atoms with E-state index in [1.165, 1.54) is 17.3 Å². The molecule has 0 atom stereocenters. The number of hydrogen-bond acceptors (Lipinski definition) is 5. The lowest BCUT2D eigenvalue weighted by Crippen LogP contribution is -2.27. The molecule has 3 aromatic rings. The van der Waals surface area contributed by atoms with Crippen LogP contribution in [0.4, 0.5) is 11.4 Å². The van der Waals surface area contributed by atoms with E-state index in [0.717, 1.165) is 23.2 Å². The SMILES string of the molecule is CCc1ccc(N2C(=O)/C(=C/c3ccc(OCC(=O)Nc4cccc(Cl)c4C)cc3)SC2=S)cc1. The summed E-state index contributed by atoms with van der Waals surface area (Å²) < 4.78 is 6.11. The van der Waals surface area contributed by atoms with Gasteiger partial charge in [0.15, 0.2) is 10.9 Å². The number of thioether (sulfide) groups is 1. The first-order chi connectivity index (χ1) is 16.9. The molecule has 1 aliphatic heterocycles. The molecule has 35 heavy (non-hydrogen) atoms. The van der Waals surface area contributed by atoms with Crippen LogP contribution in [-0.4, -0.2) is 22.7 Å². The van der Waals surface area contributed by atoms with Crippen molar-refractivity contribution in [2.45, 2.75) is 20.3 Å². The predicted molar refractivity (Wildman–Crippen MR) is 148 cm³/mol. The monoisotopic (exact) mass is 522 g/mol. The average Bonchev–Trinajstić information content (AvgIpc) is 3.14. The van der Waals surface area contributed by atoms with Crippen molar-refractivity contribution in [1.29, 1.82) is 0 Å². The van der Waals surface area contributed by atoms with E-state index >= 15 is 0 Å². The van der Waals surface area contributed by atoms with Crippen molar-refractivity contribution in [2.24, 2.45) is 0 Å². The van der Waals surface area contributed by atoms with Gasteiger partial charge in [-0.1, -0.05) is 72.8 Å². The Morgan fingerprint density at radius 2 is 1.83 bits per heavy atom. The summed E-state index contributed by atoms with van der Waals surface area (Å²) in [5.41, 5.74) is 4.26. The Morgan fingerprint density at radius 1 is 1.11 bits per heavy atom. The minimum Gasteiger partial charge on any atom is -0.484 e. The van der Waals surface area contributed by atoms with Crippen LogP contribution >= 0.6 is 35.6 Å². The number of benzene rings is 3. The third-order valence-electron chi connectivity index (χ3n) is 5.49. The van der Waals surface area contributed by atoms with Crippen molar-refractivity contribution in [3.05, 3.63) is 93.3 Å². The second kappa shape index (κ2) is 11.1. The number of amides is 2. The number of ether oxygens (including phenoxy) is 1. The highest BCUT2D eigenvalue weighted by molar-refractivity contribution is 8.27. The van der Waals surface area contributed by atoms with Crippen LogP contribution in [0.5, 0.6) is 5.75 Å². The molecule has 1 heterocycles. The number of nitrogens with one attached hydrogen (secondary N) is 1. The fourth-order valence-electron chi connectivity index (χ4n) is 3.46. The third kappa shape index (κ3) is 5.93. The van der Waals surface area contributed by atoms with Gasteiger partial charge in [-0.2, -0.15) is 0 Å². The van der Waals surface area contributed by atoms with Gasteiger partial charge in [-0.25, -0.2) is 0 Å². The second-order valence-corrected chi connectivity index (χ2v) is 9.94. The number of thiocarbonyl (C=S) groups is 1. The highest BCUT2D eigenvalue weighted by Crippen LogP contribution is 2.36. The van der Waals surface area contributed by atoms with Crippen LogP contribution in [0.2, 0.25) is 5.02 Å². The van der Waals surface area contributed by atoms with E-state index in [2.05, 4.69) is 12.2 Å². The van der Waals surface area contributed by atoms with Gasteiger partial charge in [-0.3, -0.25) is 14.5 Å². The van der Waals surface area contributed by atoms with Gasteiger partial charge < -0.3 is 10.1 Å². The summed E-state index contributed by atoms with van der Waals surface area (Å²) in [6.45, 7) is 3.79. The van der Waals surface area contributed by atoms with Crippen LogP contribution in [0, 0.1) is 6.92 Å². The number of carbonyl (C=O) groups excluding carboxylic acids is 2. The number of nitrogens with zero attached hydrogens (tertiary/aromatic N) is 1. The first-order valence-electron chi connectivity index (χ1n) is 11.0. The molecule has 8 heteroatoms. The summed E-state index contributed by atoms with van der Waals surface area (Å²) in [5.74, 6) is 0.122. The van der Waals surface area contributed by atoms with Crippen LogP contribution in [0.1, 0.15) is 23.6 Å². The predicted octanol–water partition coefficient (Wildman–Crippen LogP) is 6.63. The molecule has 1 fully saturated rings. The van der Waals surface area contributed by atoms with Crippen LogP contribution in [-0.2, 0) is 16.0 Å². The number of rotatable bonds is 7. The lowest BCUT2D eigenvalue weighted by molar-refractivity contribution is -0.118. The molecule has 4 rings (SSSR count). The average molecular weight is 523 g/mol. The van der Waals surface area contributed by atoms with E-state index in [-0.39, 0.29) is 18.4 Å². The first-order valence-corrected chi connectivity index (χ1v) is 12.6. The summed E-state index contributed by atoms with van der Waals surface area (Å²) in [5, 5.41) is 3.39. The molecule has 178 valence electrons. The molecule has 5 nitrogen and oxygen atoms in total. The fraction of sp³-hybridized carbons (Fsp3) is 0.148. The molecule has 0 unspecified atom stereocenters. The quantitative estimate of drug-likeness (QED) is 0.278. The zero-order chi connectivity index (χ0) is 24.9. The molecule has 0 spiro atoms. The van der Waals surface area contributed by atoms with Crippen molar-refractivity contribution in [3.8, 4) is 5.75 Å². The minimum absolute atomic E-state index is 0.138. The largest absolute Gasteiger partial charge is 0.484 e. The van der Waals surface area contributed by atoms with E-state index < -0.39 is 0 Å². The molecule has 2 amide bonds. The highest BCUT2D eigenvalue weighted by atomic mass is 35.5. The standard InChI is InChI=1S/C27H23ClN2O3S2/c1-3-18-7-11-20(12-8-18)30-26(32)24(35-27(30)34)15-19-9-13-21(14-10-19)33-16-25(31)29-23-6-4-5-22(28)17(23)2/h4-15H,3,16H2,1-2H3,(H,29,31)/b24-15-. The Morgan fingerprint density at radius 3 is 2.51 bits per heavy atom. The molecule has 0 radical (unpaired) electrons. The van der Waals surface area contributed by atoms with Crippen LogP contribution in [0.15, 0.2) is 71.6 Å². The van der Waals surface area contributed by atoms with Gasteiger partial charge in [0.1, 0.15) is 5.75 Å². The van der Waals surface area contributed by atoms with E-state index in [4.69, 9.17) is 28.6 Å². The zero-order valence-corrected chi connectivity index (χ0v) is 21.6. The minimum atomic E-state index is -0.282. The molecule has 0 bridgehead atoms. The van der Waals surface area contributed by atoms with Gasteiger partial charge in [0.05, 0.1) is 10.6 Å². The van der Waals surface area contributed by atoms with Gasteiger partial charge in [0.2, 0.25) is 0 Å². The van der Waals surface area contributed by atoms with Gasteiger partial charge in [-0.05, 0) is 72.5 Å². The van der Waals surface area contributed by atoms with E-state index in [1.54, 1.807) is 41.3 Å². The molecular formula is C27H23ClN2O3S2. The number of carbonyl (C=O) groups is 2. The van der Waals surface area contributed by atoms with Crippen molar-refractivity contribution < 1.29 is 14.3 Å². The lowest BCUT2D eigenvalue weighted by atomic mass is 10.1. The maximum atomic E-state index is 13.0. The number of aryl methyl sites for hydroxylation is 1.